The fourth-order valence-corrected chi connectivity index (χ4v) is 1.76. The Balaban J connectivity index is 0.00000220. The first-order chi connectivity index (χ1) is 9.47. The number of nitrogens with zero attached hydrogens (tertiary/aromatic N) is 1. The van der Waals surface area contributed by atoms with E-state index in [1.807, 2.05) is 0 Å². The first-order valence-corrected chi connectivity index (χ1v) is 6.10. The maximum Gasteiger partial charge on any atom is 0.433 e. The van der Waals surface area contributed by atoms with Crippen molar-refractivity contribution in [1.82, 2.24) is 15.6 Å². The van der Waals surface area contributed by atoms with Gasteiger partial charge in [-0.25, -0.2) is 0 Å². The second kappa shape index (κ2) is 7.58. The van der Waals surface area contributed by atoms with Crippen LogP contribution in [0.15, 0.2) is 18.3 Å². The maximum absolute atomic E-state index is 12.3. The summed E-state index contributed by atoms with van der Waals surface area (Å²) >= 11 is 0. The first-order valence-electron chi connectivity index (χ1n) is 6.10. The highest BCUT2D eigenvalue weighted by Gasteiger charge is 2.32. The summed E-state index contributed by atoms with van der Waals surface area (Å²) in [4.78, 5) is 15.0. The molecule has 1 unspecified atom stereocenters. The fraction of sp³-hybridized carbons (Fsp3) is 0.500. The molecule has 2 heterocycles. The van der Waals surface area contributed by atoms with Gasteiger partial charge in [0, 0.05) is 25.8 Å². The molecule has 0 spiro atoms. The Labute approximate surface area is 125 Å². The maximum atomic E-state index is 12.3. The largest absolute Gasteiger partial charge is 0.433 e. The Bertz CT molecular complexity index is 462. The normalized spacial score (nSPS) is 18.7. The second-order valence-corrected chi connectivity index (χ2v) is 4.34. The smallest absolute Gasteiger partial charge is 0.374 e. The van der Waals surface area contributed by atoms with Gasteiger partial charge in [0.15, 0.2) is 0 Å². The highest BCUT2D eigenvalue weighted by molar-refractivity contribution is 5.93. The quantitative estimate of drug-likeness (QED) is 0.878. The summed E-state index contributed by atoms with van der Waals surface area (Å²) in [6.07, 6.45) is -3.72. The van der Waals surface area contributed by atoms with Crippen LogP contribution in [0.4, 0.5) is 13.2 Å². The fourth-order valence-electron chi connectivity index (χ4n) is 1.76. The molecule has 1 aromatic rings. The summed E-state index contributed by atoms with van der Waals surface area (Å²) in [5.74, 6) is -0.472. The molecule has 5 nitrogen and oxygen atoms in total. The van der Waals surface area contributed by atoms with Crippen molar-refractivity contribution in [2.24, 2.45) is 0 Å². The summed E-state index contributed by atoms with van der Waals surface area (Å²) in [7, 11) is 0. The van der Waals surface area contributed by atoms with E-state index in [0.717, 1.165) is 24.9 Å². The minimum absolute atomic E-state index is 0. The zero-order chi connectivity index (χ0) is 14.6. The minimum atomic E-state index is -4.50. The van der Waals surface area contributed by atoms with Gasteiger partial charge >= 0.3 is 6.18 Å². The topological polar surface area (TPSA) is 63.2 Å². The summed E-state index contributed by atoms with van der Waals surface area (Å²) in [5, 5.41) is 5.71. The second-order valence-electron chi connectivity index (χ2n) is 4.34. The van der Waals surface area contributed by atoms with Crippen molar-refractivity contribution in [3.8, 4) is 0 Å². The SMILES string of the molecule is Cl.O=C(NCC1CNCCO1)c1ccc(C(F)(F)F)nc1. The monoisotopic (exact) mass is 325 g/mol. The van der Waals surface area contributed by atoms with E-state index in [9.17, 15) is 18.0 Å². The summed E-state index contributed by atoms with van der Waals surface area (Å²) in [5.41, 5.74) is -0.935. The number of pyridine rings is 1. The van der Waals surface area contributed by atoms with Crippen LogP contribution in [-0.2, 0) is 10.9 Å². The molecule has 118 valence electrons. The van der Waals surface area contributed by atoms with Crippen LogP contribution in [0, 0.1) is 0 Å². The third-order valence-electron chi connectivity index (χ3n) is 2.81. The van der Waals surface area contributed by atoms with E-state index >= 15 is 0 Å². The molecule has 1 atom stereocenters. The van der Waals surface area contributed by atoms with Crippen LogP contribution in [0.5, 0.6) is 0 Å². The molecule has 0 radical (unpaired) electrons. The first kappa shape index (κ1) is 17.7. The number of nitrogens with one attached hydrogen (secondary N) is 2. The van der Waals surface area contributed by atoms with Gasteiger partial charge in [0.25, 0.3) is 5.91 Å². The van der Waals surface area contributed by atoms with Crippen molar-refractivity contribution in [2.75, 3.05) is 26.2 Å². The third kappa shape index (κ3) is 5.14. The van der Waals surface area contributed by atoms with Crippen molar-refractivity contribution < 1.29 is 22.7 Å². The number of hydrogen-bond acceptors (Lipinski definition) is 4. The van der Waals surface area contributed by atoms with Gasteiger partial charge in [-0.3, -0.25) is 9.78 Å². The Kier molecular flexibility index (Phi) is 6.38. The summed E-state index contributed by atoms with van der Waals surface area (Å²) < 4.78 is 42.4. The van der Waals surface area contributed by atoms with Gasteiger partial charge in [-0.05, 0) is 12.1 Å². The molecule has 2 rings (SSSR count). The predicted octanol–water partition coefficient (Wildman–Crippen LogP) is 1.24. The van der Waals surface area contributed by atoms with Crippen LogP contribution in [0.25, 0.3) is 0 Å². The van der Waals surface area contributed by atoms with Crippen molar-refractivity contribution in [3.05, 3.63) is 29.6 Å². The highest BCUT2D eigenvalue weighted by atomic mass is 35.5. The highest BCUT2D eigenvalue weighted by Crippen LogP contribution is 2.27. The van der Waals surface area contributed by atoms with Crippen LogP contribution in [0.2, 0.25) is 0 Å². The van der Waals surface area contributed by atoms with Crippen molar-refractivity contribution in [2.45, 2.75) is 12.3 Å². The Hall–Kier alpha value is -1.38. The minimum Gasteiger partial charge on any atom is -0.374 e. The Morgan fingerprint density at radius 3 is 2.76 bits per heavy atom. The number of rotatable bonds is 3. The molecule has 9 heteroatoms. The molecular weight excluding hydrogens is 311 g/mol. The number of morpholine rings is 1. The molecule has 1 amide bonds. The number of hydrogen-bond donors (Lipinski definition) is 2. The van der Waals surface area contributed by atoms with E-state index in [1.54, 1.807) is 0 Å². The number of ether oxygens (including phenoxy) is 1. The number of halogens is 4. The van der Waals surface area contributed by atoms with Gasteiger partial charge in [0.1, 0.15) is 5.69 Å². The molecule has 21 heavy (non-hydrogen) atoms. The predicted molar refractivity (Wildman–Crippen MR) is 71.4 cm³/mol. The average Bonchev–Trinajstić information content (AvgIpc) is 2.45. The molecule has 1 aromatic heterocycles. The molecule has 0 bridgehead atoms. The number of alkyl halides is 3. The lowest BCUT2D eigenvalue weighted by Crippen LogP contribution is -2.45. The van der Waals surface area contributed by atoms with Crippen molar-refractivity contribution in [3.63, 3.8) is 0 Å². The van der Waals surface area contributed by atoms with E-state index in [-0.39, 0.29) is 24.1 Å². The van der Waals surface area contributed by atoms with Crippen LogP contribution in [0.1, 0.15) is 16.1 Å². The molecule has 1 fully saturated rings. The molecular formula is C12H15ClF3N3O2. The van der Waals surface area contributed by atoms with Crippen LogP contribution in [-0.4, -0.2) is 43.2 Å². The van der Waals surface area contributed by atoms with E-state index in [4.69, 9.17) is 4.74 Å². The standard InChI is InChI=1S/C12H14F3N3O2.ClH/c13-12(14,15)10-2-1-8(5-17-10)11(19)18-7-9-6-16-3-4-20-9;/h1-2,5,9,16H,3-4,6-7H2,(H,18,19);1H. The molecule has 2 N–H and O–H groups in total. The zero-order valence-corrected chi connectivity index (χ0v) is 11.8. The molecule has 0 aliphatic carbocycles. The van der Waals surface area contributed by atoms with Gasteiger partial charge < -0.3 is 15.4 Å². The van der Waals surface area contributed by atoms with Crippen LogP contribution >= 0.6 is 12.4 Å². The van der Waals surface area contributed by atoms with Gasteiger partial charge in [-0.15, -0.1) is 12.4 Å². The average molecular weight is 326 g/mol. The lowest BCUT2D eigenvalue weighted by atomic mass is 10.2. The molecule has 1 saturated heterocycles. The molecule has 1 aliphatic heterocycles. The van der Waals surface area contributed by atoms with Gasteiger partial charge in [0.2, 0.25) is 0 Å². The Morgan fingerprint density at radius 1 is 1.48 bits per heavy atom. The summed E-state index contributed by atoms with van der Waals surface area (Å²) in [6.45, 7) is 2.27. The third-order valence-corrected chi connectivity index (χ3v) is 2.81. The van der Waals surface area contributed by atoms with Crippen LogP contribution < -0.4 is 10.6 Å². The molecule has 1 aliphatic rings. The number of carbonyl (C=O) groups excluding carboxylic acids is 1. The lowest BCUT2D eigenvalue weighted by molar-refractivity contribution is -0.141. The number of amides is 1. The lowest BCUT2D eigenvalue weighted by Gasteiger charge is -2.23. The van der Waals surface area contributed by atoms with Gasteiger partial charge in [0.05, 0.1) is 18.3 Å². The van der Waals surface area contributed by atoms with Gasteiger partial charge in [-0.1, -0.05) is 0 Å². The number of aromatic nitrogens is 1. The van der Waals surface area contributed by atoms with E-state index in [1.165, 1.54) is 0 Å². The van der Waals surface area contributed by atoms with Crippen LogP contribution in [0.3, 0.4) is 0 Å². The van der Waals surface area contributed by atoms with E-state index in [0.29, 0.717) is 19.7 Å². The Morgan fingerprint density at radius 2 is 2.24 bits per heavy atom. The molecule has 0 saturated carbocycles. The van der Waals surface area contributed by atoms with E-state index < -0.39 is 17.8 Å². The summed E-state index contributed by atoms with van der Waals surface area (Å²) in [6, 6.07) is 1.89. The van der Waals surface area contributed by atoms with Crippen molar-refractivity contribution >= 4 is 18.3 Å². The zero-order valence-electron chi connectivity index (χ0n) is 10.9. The van der Waals surface area contributed by atoms with E-state index in [2.05, 4.69) is 15.6 Å². The van der Waals surface area contributed by atoms with Gasteiger partial charge in [-0.2, -0.15) is 13.2 Å². The number of carbonyl (C=O) groups is 1. The molecule has 0 aromatic carbocycles. The van der Waals surface area contributed by atoms with Crippen molar-refractivity contribution in [1.29, 1.82) is 0 Å².